The summed E-state index contributed by atoms with van der Waals surface area (Å²) in [6.45, 7) is 12.2. The molecule has 1 aliphatic rings. The normalized spacial score (nSPS) is 18.4. The Hall–Kier alpha value is -0.610. The lowest BCUT2D eigenvalue weighted by Gasteiger charge is -2.27. The van der Waals surface area contributed by atoms with Crippen LogP contribution in [0.5, 0.6) is 0 Å². The first kappa shape index (κ1) is 13.5. The van der Waals surface area contributed by atoms with Crippen molar-refractivity contribution in [3.63, 3.8) is 0 Å². The fourth-order valence-electron chi connectivity index (χ4n) is 1.65. The highest BCUT2D eigenvalue weighted by molar-refractivity contribution is 5.76. The fraction of sp³-hybridized carbons (Fsp3) is 0.917. The number of hydrogen-bond acceptors (Lipinski definition) is 3. The van der Waals surface area contributed by atoms with Gasteiger partial charge in [0.15, 0.2) is 0 Å². The minimum absolute atomic E-state index is 0.171. The molecule has 0 spiro atoms. The van der Waals surface area contributed by atoms with Gasteiger partial charge in [0, 0.05) is 45.7 Å². The molecule has 0 unspecified atom stereocenters. The molecular weight excluding hydrogens is 202 g/mol. The first-order chi connectivity index (χ1) is 7.47. The van der Waals surface area contributed by atoms with Gasteiger partial charge in [0.25, 0.3) is 0 Å². The average Bonchev–Trinajstić information content (AvgIpc) is 2.24. The van der Waals surface area contributed by atoms with E-state index in [1.54, 1.807) is 0 Å². The quantitative estimate of drug-likeness (QED) is 0.733. The fourth-order valence-corrected chi connectivity index (χ4v) is 1.65. The maximum Gasteiger partial charge on any atom is 0.221 e. The zero-order valence-electron chi connectivity index (χ0n) is 10.8. The van der Waals surface area contributed by atoms with Crippen LogP contribution in [0, 0.1) is 5.41 Å². The van der Waals surface area contributed by atoms with E-state index in [0.29, 0.717) is 6.42 Å². The molecule has 2 N–H and O–H groups in total. The summed E-state index contributed by atoms with van der Waals surface area (Å²) in [6, 6.07) is 0. The Balaban J connectivity index is 2.09. The summed E-state index contributed by atoms with van der Waals surface area (Å²) < 4.78 is 0. The lowest BCUT2D eigenvalue weighted by atomic mass is 9.97. The van der Waals surface area contributed by atoms with Gasteiger partial charge < -0.3 is 15.5 Å². The van der Waals surface area contributed by atoms with Crippen LogP contribution in [0.2, 0.25) is 0 Å². The lowest BCUT2D eigenvalue weighted by molar-refractivity contribution is -0.121. The van der Waals surface area contributed by atoms with E-state index < -0.39 is 0 Å². The molecule has 0 atom stereocenters. The monoisotopic (exact) mass is 227 g/mol. The van der Waals surface area contributed by atoms with E-state index in [2.05, 4.69) is 36.3 Å². The summed E-state index contributed by atoms with van der Waals surface area (Å²) in [5.41, 5.74) is 0.171. The van der Waals surface area contributed by atoms with Crippen molar-refractivity contribution in [2.75, 3.05) is 39.3 Å². The van der Waals surface area contributed by atoms with Gasteiger partial charge in [-0.1, -0.05) is 20.8 Å². The minimum atomic E-state index is 0.171. The second-order valence-electron chi connectivity index (χ2n) is 5.68. The smallest absolute Gasteiger partial charge is 0.221 e. The van der Waals surface area contributed by atoms with Gasteiger partial charge in [-0.05, 0) is 5.41 Å². The third-order valence-corrected chi connectivity index (χ3v) is 2.68. The van der Waals surface area contributed by atoms with Crippen LogP contribution < -0.4 is 10.6 Å². The van der Waals surface area contributed by atoms with Crippen molar-refractivity contribution in [1.82, 2.24) is 15.5 Å². The second kappa shape index (κ2) is 6.21. The Morgan fingerprint density at radius 1 is 1.31 bits per heavy atom. The average molecular weight is 227 g/mol. The van der Waals surface area contributed by atoms with E-state index in [0.717, 1.165) is 39.3 Å². The highest BCUT2D eigenvalue weighted by atomic mass is 16.1. The summed E-state index contributed by atoms with van der Waals surface area (Å²) in [5.74, 6) is 0.174. The summed E-state index contributed by atoms with van der Waals surface area (Å²) in [6.07, 6.45) is 0.621. The number of rotatable bonds is 4. The van der Waals surface area contributed by atoms with Gasteiger partial charge >= 0.3 is 0 Å². The molecule has 1 rings (SSSR count). The van der Waals surface area contributed by atoms with E-state index in [9.17, 15) is 4.79 Å². The van der Waals surface area contributed by atoms with E-state index in [4.69, 9.17) is 0 Å². The highest BCUT2D eigenvalue weighted by Crippen LogP contribution is 2.10. The summed E-state index contributed by atoms with van der Waals surface area (Å²) >= 11 is 0. The summed E-state index contributed by atoms with van der Waals surface area (Å²) in [4.78, 5) is 13.9. The van der Waals surface area contributed by atoms with Gasteiger partial charge in [0.05, 0.1) is 0 Å². The maximum absolute atomic E-state index is 11.6. The predicted molar refractivity (Wildman–Crippen MR) is 66.4 cm³/mol. The van der Waals surface area contributed by atoms with Gasteiger partial charge in [-0.3, -0.25) is 4.79 Å². The van der Waals surface area contributed by atoms with E-state index in [1.807, 2.05) is 0 Å². The molecule has 0 radical (unpaired) electrons. The molecule has 94 valence electrons. The Kier molecular flexibility index (Phi) is 5.22. The third-order valence-electron chi connectivity index (χ3n) is 2.68. The van der Waals surface area contributed by atoms with Crippen molar-refractivity contribution >= 4 is 5.91 Å². The largest absolute Gasteiger partial charge is 0.356 e. The minimum Gasteiger partial charge on any atom is -0.356 e. The van der Waals surface area contributed by atoms with Crippen LogP contribution in [-0.2, 0) is 4.79 Å². The van der Waals surface area contributed by atoms with Crippen molar-refractivity contribution in [2.24, 2.45) is 5.41 Å². The molecule has 4 heteroatoms. The Bertz CT molecular complexity index is 217. The zero-order chi connectivity index (χ0) is 12.0. The van der Waals surface area contributed by atoms with Crippen molar-refractivity contribution in [2.45, 2.75) is 27.2 Å². The molecule has 0 aromatic carbocycles. The second-order valence-corrected chi connectivity index (χ2v) is 5.68. The van der Waals surface area contributed by atoms with Crippen LogP contribution in [0.1, 0.15) is 27.2 Å². The van der Waals surface area contributed by atoms with Crippen LogP contribution >= 0.6 is 0 Å². The highest BCUT2D eigenvalue weighted by Gasteiger charge is 2.14. The predicted octanol–water partition coefficient (Wildman–Crippen LogP) is 0.444. The van der Waals surface area contributed by atoms with Gasteiger partial charge in [0.2, 0.25) is 5.91 Å². The van der Waals surface area contributed by atoms with Crippen LogP contribution in [0.25, 0.3) is 0 Å². The molecule has 4 nitrogen and oxygen atoms in total. The molecule has 0 aromatic heterocycles. The Morgan fingerprint density at radius 3 is 2.50 bits per heavy atom. The molecule has 0 aliphatic carbocycles. The van der Waals surface area contributed by atoms with Gasteiger partial charge in [-0.25, -0.2) is 0 Å². The number of carbonyl (C=O) groups excluding carboxylic acids is 1. The number of piperazine rings is 1. The molecular formula is C12H25N3O. The van der Waals surface area contributed by atoms with Crippen LogP contribution in [0.15, 0.2) is 0 Å². The van der Waals surface area contributed by atoms with Crippen LogP contribution in [0.4, 0.5) is 0 Å². The first-order valence-corrected chi connectivity index (χ1v) is 6.17. The van der Waals surface area contributed by atoms with Gasteiger partial charge in [-0.2, -0.15) is 0 Å². The van der Waals surface area contributed by atoms with Crippen molar-refractivity contribution in [1.29, 1.82) is 0 Å². The molecule has 0 aromatic rings. The molecule has 1 amide bonds. The van der Waals surface area contributed by atoms with Crippen molar-refractivity contribution in [3.05, 3.63) is 0 Å². The van der Waals surface area contributed by atoms with Crippen molar-refractivity contribution in [3.8, 4) is 0 Å². The topological polar surface area (TPSA) is 44.4 Å². The number of carbonyl (C=O) groups is 1. The van der Waals surface area contributed by atoms with Gasteiger partial charge in [-0.15, -0.1) is 0 Å². The Morgan fingerprint density at radius 2 is 1.94 bits per heavy atom. The standard InChI is InChI=1S/C12H25N3O/c1-12(2,3)10-14-11(16)4-7-15-8-5-13-6-9-15/h13H,4-10H2,1-3H3,(H,14,16). The van der Waals surface area contributed by atoms with E-state index in [1.165, 1.54) is 0 Å². The lowest BCUT2D eigenvalue weighted by Crippen LogP contribution is -2.45. The number of amides is 1. The third kappa shape index (κ3) is 6.08. The molecule has 1 fully saturated rings. The first-order valence-electron chi connectivity index (χ1n) is 6.17. The van der Waals surface area contributed by atoms with E-state index in [-0.39, 0.29) is 11.3 Å². The molecule has 1 heterocycles. The summed E-state index contributed by atoms with van der Waals surface area (Å²) in [7, 11) is 0. The zero-order valence-corrected chi connectivity index (χ0v) is 10.8. The molecule has 1 saturated heterocycles. The SMILES string of the molecule is CC(C)(C)CNC(=O)CCN1CCNCC1. The van der Waals surface area contributed by atoms with Crippen LogP contribution in [-0.4, -0.2) is 50.1 Å². The number of hydrogen-bond donors (Lipinski definition) is 2. The molecule has 0 bridgehead atoms. The van der Waals surface area contributed by atoms with E-state index >= 15 is 0 Å². The molecule has 0 saturated carbocycles. The number of nitrogens with one attached hydrogen (secondary N) is 2. The maximum atomic E-state index is 11.6. The van der Waals surface area contributed by atoms with Crippen molar-refractivity contribution < 1.29 is 4.79 Å². The molecule has 1 aliphatic heterocycles. The molecule has 16 heavy (non-hydrogen) atoms. The summed E-state index contributed by atoms with van der Waals surface area (Å²) in [5, 5.41) is 6.29. The Labute approximate surface area is 98.8 Å². The number of nitrogens with zero attached hydrogens (tertiary/aromatic N) is 1. The van der Waals surface area contributed by atoms with Crippen LogP contribution in [0.3, 0.4) is 0 Å². The van der Waals surface area contributed by atoms with Gasteiger partial charge in [0.1, 0.15) is 0 Å².